The monoisotopic (exact) mass is 185 g/mol. The Labute approximate surface area is 77.2 Å². The van der Waals surface area contributed by atoms with E-state index in [0.717, 1.165) is 19.4 Å². The molecule has 1 aliphatic rings. The number of hydrazine groups is 1. The summed E-state index contributed by atoms with van der Waals surface area (Å²) < 4.78 is 0. The van der Waals surface area contributed by atoms with Crippen LogP contribution in [0.1, 0.15) is 25.7 Å². The Morgan fingerprint density at radius 3 is 2.92 bits per heavy atom. The third kappa shape index (κ3) is 3.02. The Hall–Kier alpha value is -1.10. The van der Waals surface area contributed by atoms with Gasteiger partial charge in [-0.2, -0.15) is 0 Å². The number of amides is 2. The Balaban J connectivity index is 2.26. The van der Waals surface area contributed by atoms with Gasteiger partial charge in [0, 0.05) is 25.9 Å². The number of rotatable bonds is 3. The zero-order chi connectivity index (χ0) is 9.68. The molecule has 13 heavy (non-hydrogen) atoms. The van der Waals surface area contributed by atoms with E-state index in [1.165, 1.54) is 0 Å². The summed E-state index contributed by atoms with van der Waals surface area (Å²) in [6.07, 6.45) is 2.92. The summed E-state index contributed by atoms with van der Waals surface area (Å²) in [6.45, 7) is 1.26. The number of hydrogen-bond donors (Lipinski definition) is 2. The first-order valence-corrected chi connectivity index (χ1v) is 4.51. The van der Waals surface area contributed by atoms with Crippen LogP contribution in [0.15, 0.2) is 0 Å². The van der Waals surface area contributed by atoms with E-state index in [2.05, 4.69) is 0 Å². The Morgan fingerprint density at radius 1 is 1.54 bits per heavy atom. The molecule has 1 saturated heterocycles. The number of likely N-dealkylation sites (tertiary alicyclic amines) is 1. The molecule has 1 fully saturated rings. The lowest BCUT2D eigenvalue weighted by molar-refractivity contribution is -0.133. The molecular formula is C8H15N3O2. The van der Waals surface area contributed by atoms with E-state index in [0.29, 0.717) is 19.4 Å². The van der Waals surface area contributed by atoms with E-state index in [1.54, 1.807) is 4.90 Å². The van der Waals surface area contributed by atoms with Gasteiger partial charge in [-0.3, -0.25) is 15.0 Å². The molecule has 0 unspecified atom stereocenters. The quantitative estimate of drug-likeness (QED) is 0.349. The van der Waals surface area contributed by atoms with Crippen molar-refractivity contribution in [2.75, 3.05) is 13.1 Å². The van der Waals surface area contributed by atoms with E-state index in [9.17, 15) is 9.59 Å². The second-order valence-corrected chi connectivity index (χ2v) is 3.16. The van der Waals surface area contributed by atoms with Crippen LogP contribution in [-0.2, 0) is 9.59 Å². The lowest BCUT2D eigenvalue weighted by Gasteiger charge is -2.26. The maximum Gasteiger partial charge on any atom is 0.235 e. The van der Waals surface area contributed by atoms with Gasteiger partial charge in [0.15, 0.2) is 0 Å². The summed E-state index contributed by atoms with van der Waals surface area (Å²) in [5, 5.41) is 0. The van der Waals surface area contributed by atoms with E-state index in [1.807, 2.05) is 5.43 Å². The normalized spacial score (nSPS) is 17.3. The number of nitrogens with two attached hydrogens (primary N) is 1. The van der Waals surface area contributed by atoms with Gasteiger partial charge in [-0.25, -0.2) is 5.84 Å². The molecule has 0 radical (unpaired) electrons. The van der Waals surface area contributed by atoms with Gasteiger partial charge >= 0.3 is 0 Å². The molecule has 5 nitrogen and oxygen atoms in total. The first kappa shape index (κ1) is 9.98. The average Bonchev–Trinajstić information content (AvgIpc) is 2.16. The first-order valence-electron chi connectivity index (χ1n) is 4.51. The summed E-state index contributed by atoms with van der Waals surface area (Å²) >= 11 is 0. The van der Waals surface area contributed by atoms with Gasteiger partial charge in [0.05, 0.1) is 0 Å². The molecule has 0 aromatic rings. The summed E-state index contributed by atoms with van der Waals surface area (Å²) in [5.41, 5.74) is 2.04. The molecule has 1 heterocycles. The number of nitrogens with one attached hydrogen (secondary N) is 1. The van der Waals surface area contributed by atoms with Crippen LogP contribution in [0.3, 0.4) is 0 Å². The minimum absolute atomic E-state index is 0.149. The predicted octanol–water partition coefficient (Wildman–Crippen LogP) is -0.621. The smallest absolute Gasteiger partial charge is 0.235 e. The van der Waals surface area contributed by atoms with Gasteiger partial charge in [0.1, 0.15) is 0 Å². The van der Waals surface area contributed by atoms with Crippen molar-refractivity contribution < 1.29 is 9.59 Å². The molecule has 0 aliphatic carbocycles. The Morgan fingerprint density at radius 2 is 2.31 bits per heavy atom. The van der Waals surface area contributed by atoms with Crippen LogP contribution in [-0.4, -0.2) is 29.8 Å². The zero-order valence-corrected chi connectivity index (χ0v) is 7.58. The minimum Gasteiger partial charge on any atom is -0.342 e. The number of hydrogen-bond acceptors (Lipinski definition) is 3. The van der Waals surface area contributed by atoms with E-state index >= 15 is 0 Å². The van der Waals surface area contributed by atoms with Gasteiger partial charge in [0.2, 0.25) is 11.8 Å². The highest BCUT2D eigenvalue weighted by Gasteiger charge is 2.17. The van der Waals surface area contributed by atoms with Gasteiger partial charge < -0.3 is 4.90 Å². The SMILES string of the molecule is NNC(=O)CCN1CCCCC1=O. The molecule has 3 N–H and O–H groups in total. The van der Waals surface area contributed by atoms with Crippen molar-refractivity contribution in [1.82, 2.24) is 10.3 Å². The summed E-state index contributed by atoms with van der Waals surface area (Å²) in [5.74, 6) is 4.84. The molecule has 5 heteroatoms. The molecule has 0 bridgehead atoms. The number of carbonyl (C=O) groups is 2. The van der Waals surface area contributed by atoms with Crippen molar-refractivity contribution in [3.05, 3.63) is 0 Å². The highest BCUT2D eigenvalue weighted by Crippen LogP contribution is 2.10. The standard InChI is InChI=1S/C8H15N3O2/c9-10-7(12)4-6-11-5-2-1-3-8(11)13/h1-6,9H2,(H,10,12). The molecule has 0 atom stereocenters. The summed E-state index contributed by atoms with van der Waals surface area (Å²) in [4.78, 5) is 23.8. The van der Waals surface area contributed by atoms with Gasteiger partial charge in [-0.15, -0.1) is 0 Å². The van der Waals surface area contributed by atoms with Crippen LogP contribution in [0.25, 0.3) is 0 Å². The zero-order valence-electron chi connectivity index (χ0n) is 7.58. The Kier molecular flexibility index (Phi) is 3.70. The molecule has 0 saturated carbocycles. The Bertz CT molecular complexity index is 206. The highest BCUT2D eigenvalue weighted by molar-refractivity contribution is 5.79. The van der Waals surface area contributed by atoms with E-state index in [-0.39, 0.29) is 11.8 Å². The molecule has 1 rings (SSSR count). The van der Waals surface area contributed by atoms with Crippen LogP contribution in [0, 0.1) is 0 Å². The molecule has 74 valence electrons. The third-order valence-electron chi connectivity index (χ3n) is 2.19. The van der Waals surface area contributed by atoms with E-state index < -0.39 is 0 Å². The van der Waals surface area contributed by atoms with Crippen LogP contribution in [0.4, 0.5) is 0 Å². The first-order chi connectivity index (χ1) is 6.24. The van der Waals surface area contributed by atoms with E-state index in [4.69, 9.17) is 5.84 Å². The molecule has 0 aromatic carbocycles. The fourth-order valence-electron chi connectivity index (χ4n) is 1.41. The van der Waals surface area contributed by atoms with Crippen molar-refractivity contribution in [3.63, 3.8) is 0 Å². The highest BCUT2D eigenvalue weighted by atomic mass is 16.2. The van der Waals surface area contributed by atoms with Crippen LogP contribution < -0.4 is 11.3 Å². The van der Waals surface area contributed by atoms with Crippen LogP contribution >= 0.6 is 0 Å². The van der Waals surface area contributed by atoms with Crippen molar-refractivity contribution >= 4 is 11.8 Å². The van der Waals surface area contributed by atoms with Crippen molar-refractivity contribution in [1.29, 1.82) is 0 Å². The van der Waals surface area contributed by atoms with Crippen molar-refractivity contribution in [2.24, 2.45) is 5.84 Å². The summed E-state index contributed by atoms with van der Waals surface area (Å²) in [6, 6.07) is 0. The average molecular weight is 185 g/mol. The van der Waals surface area contributed by atoms with Crippen molar-refractivity contribution in [3.8, 4) is 0 Å². The second kappa shape index (κ2) is 4.81. The number of carbonyl (C=O) groups excluding carboxylic acids is 2. The van der Waals surface area contributed by atoms with Gasteiger partial charge in [-0.05, 0) is 12.8 Å². The largest absolute Gasteiger partial charge is 0.342 e. The molecular weight excluding hydrogens is 170 g/mol. The fourth-order valence-corrected chi connectivity index (χ4v) is 1.41. The topological polar surface area (TPSA) is 75.4 Å². The third-order valence-corrected chi connectivity index (χ3v) is 2.19. The van der Waals surface area contributed by atoms with Crippen LogP contribution in [0.5, 0.6) is 0 Å². The summed E-state index contributed by atoms with van der Waals surface area (Å²) in [7, 11) is 0. The number of nitrogens with zero attached hydrogens (tertiary/aromatic N) is 1. The maximum atomic E-state index is 11.3. The molecule has 0 aromatic heterocycles. The predicted molar refractivity (Wildman–Crippen MR) is 47.4 cm³/mol. The van der Waals surface area contributed by atoms with Crippen LogP contribution in [0.2, 0.25) is 0 Å². The maximum absolute atomic E-state index is 11.3. The minimum atomic E-state index is -0.224. The van der Waals surface area contributed by atoms with Gasteiger partial charge in [-0.1, -0.05) is 0 Å². The lowest BCUT2D eigenvalue weighted by Crippen LogP contribution is -2.39. The lowest BCUT2D eigenvalue weighted by atomic mass is 10.1. The second-order valence-electron chi connectivity index (χ2n) is 3.16. The fraction of sp³-hybridized carbons (Fsp3) is 0.750. The van der Waals surface area contributed by atoms with Crippen molar-refractivity contribution in [2.45, 2.75) is 25.7 Å². The molecule has 1 aliphatic heterocycles. The number of piperidine rings is 1. The molecule has 2 amide bonds. The molecule has 0 spiro atoms. The van der Waals surface area contributed by atoms with Gasteiger partial charge in [0.25, 0.3) is 0 Å².